The van der Waals surface area contributed by atoms with Crippen LogP contribution in [0.4, 0.5) is 4.39 Å². The molecule has 2 fully saturated rings. The molecular weight excluding hydrogens is 413 g/mol. The number of halogens is 2. The zero-order chi connectivity index (χ0) is 21.5. The number of allylic oxidation sites excluding steroid dienone is 1. The number of nitrogens with zero attached hydrogens (tertiary/aromatic N) is 1. The Morgan fingerprint density at radius 3 is 2.80 bits per heavy atom. The third-order valence-electron chi connectivity index (χ3n) is 7.61. The van der Waals surface area contributed by atoms with E-state index in [9.17, 15) is 19.1 Å². The topological polar surface area (TPSA) is 85.2 Å². The first-order chi connectivity index (χ1) is 14.1. The zero-order valence-corrected chi connectivity index (χ0v) is 17.3. The van der Waals surface area contributed by atoms with Crippen LogP contribution in [0.1, 0.15) is 38.7 Å². The molecule has 1 saturated carbocycles. The predicted octanol–water partition coefficient (Wildman–Crippen LogP) is 3.19. The molecule has 0 amide bonds. The molecule has 4 aliphatic rings. The number of oxime groups is 1. The molecular formula is C22H21ClFNO5. The van der Waals surface area contributed by atoms with Gasteiger partial charge in [-0.05, 0) is 50.0 Å². The second kappa shape index (κ2) is 6.14. The average molecular weight is 434 g/mol. The number of rotatable bonds is 1. The van der Waals surface area contributed by atoms with Crippen LogP contribution in [0.25, 0.3) is 0 Å². The van der Waals surface area contributed by atoms with Crippen molar-refractivity contribution in [3.05, 3.63) is 46.8 Å². The van der Waals surface area contributed by atoms with E-state index >= 15 is 0 Å². The van der Waals surface area contributed by atoms with Crippen molar-refractivity contribution < 1.29 is 28.7 Å². The summed E-state index contributed by atoms with van der Waals surface area (Å²) in [4.78, 5) is 31.7. The maximum Gasteiger partial charge on any atom is 0.354 e. The lowest BCUT2D eigenvalue weighted by Gasteiger charge is -2.43. The SMILES string of the molecule is C[C@H]1CCC2C(OC(=O)C23CC(c2ccc(F)c(Cl)c2)=NO3)[C@]2(C)C(=O)C=C[C@@]12O. The van der Waals surface area contributed by atoms with Gasteiger partial charge in [0.15, 0.2) is 5.78 Å². The number of esters is 1. The van der Waals surface area contributed by atoms with Gasteiger partial charge in [-0.2, -0.15) is 0 Å². The lowest BCUT2D eigenvalue weighted by molar-refractivity contribution is -0.169. The summed E-state index contributed by atoms with van der Waals surface area (Å²) in [5.41, 5.74) is -3.06. The zero-order valence-electron chi connectivity index (χ0n) is 16.5. The maximum atomic E-state index is 13.5. The molecule has 2 aliphatic carbocycles. The quantitative estimate of drug-likeness (QED) is 0.687. The molecule has 0 aromatic heterocycles. The Hall–Kier alpha value is -2.25. The Morgan fingerprint density at radius 2 is 2.07 bits per heavy atom. The van der Waals surface area contributed by atoms with E-state index in [2.05, 4.69) is 5.16 Å². The molecule has 1 aromatic rings. The van der Waals surface area contributed by atoms with Crippen molar-refractivity contribution in [1.29, 1.82) is 0 Å². The minimum absolute atomic E-state index is 0.0495. The van der Waals surface area contributed by atoms with Gasteiger partial charge in [0.1, 0.15) is 22.9 Å². The van der Waals surface area contributed by atoms with Crippen LogP contribution in [-0.4, -0.2) is 39.9 Å². The van der Waals surface area contributed by atoms with Crippen molar-refractivity contribution in [1.82, 2.24) is 0 Å². The molecule has 1 N–H and O–H groups in total. The molecule has 0 radical (unpaired) electrons. The highest BCUT2D eigenvalue weighted by Gasteiger charge is 2.73. The highest BCUT2D eigenvalue weighted by atomic mass is 35.5. The van der Waals surface area contributed by atoms with E-state index in [4.69, 9.17) is 21.2 Å². The van der Waals surface area contributed by atoms with E-state index in [1.165, 1.54) is 24.3 Å². The summed E-state index contributed by atoms with van der Waals surface area (Å²) in [7, 11) is 0. The molecule has 2 aliphatic heterocycles. The Kier molecular flexibility index (Phi) is 4.03. The number of carbonyl (C=O) groups excluding carboxylic acids is 2. The van der Waals surface area contributed by atoms with Crippen molar-refractivity contribution >= 4 is 29.1 Å². The van der Waals surface area contributed by atoms with Crippen LogP contribution in [0.15, 0.2) is 35.5 Å². The van der Waals surface area contributed by atoms with Gasteiger partial charge in [0.2, 0.25) is 5.60 Å². The molecule has 0 bridgehead atoms. The average Bonchev–Trinajstić information content (AvgIpc) is 3.33. The second-order valence-corrected chi connectivity index (χ2v) is 9.37. The fourth-order valence-corrected chi connectivity index (χ4v) is 5.81. The van der Waals surface area contributed by atoms with Gasteiger partial charge in [-0.25, -0.2) is 9.18 Å². The molecule has 8 heteroatoms. The summed E-state index contributed by atoms with van der Waals surface area (Å²) in [6.45, 7) is 3.56. The molecule has 158 valence electrons. The summed E-state index contributed by atoms with van der Waals surface area (Å²) in [6.07, 6.45) is 3.33. The predicted molar refractivity (Wildman–Crippen MR) is 105 cm³/mol. The largest absolute Gasteiger partial charge is 0.458 e. The molecule has 3 unspecified atom stereocenters. The summed E-state index contributed by atoms with van der Waals surface area (Å²) in [5, 5.41) is 15.5. The molecule has 5 rings (SSSR count). The van der Waals surface area contributed by atoms with E-state index in [1.807, 2.05) is 6.92 Å². The third kappa shape index (κ3) is 2.25. The number of ether oxygens (including phenoxy) is 1. The van der Waals surface area contributed by atoms with Crippen LogP contribution in [0.5, 0.6) is 0 Å². The van der Waals surface area contributed by atoms with Crippen molar-refractivity contribution in [2.45, 2.75) is 50.4 Å². The molecule has 1 saturated heterocycles. The van der Waals surface area contributed by atoms with Crippen molar-refractivity contribution in [2.24, 2.45) is 22.4 Å². The Morgan fingerprint density at radius 1 is 1.30 bits per heavy atom. The van der Waals surface area contributed by atoms with Gasteiger partial charge in [-0.15, -0.1) is 0 Å². The van der Waals surface area contributed by atoms with E-state index in [1.54, 1.807) is 13.0 Å². The summed E-state index contributed by atoms with van der Waals surface area (Å²) in [6, 6.07) is 4.20. The Labute approximate surface area is 177 Å². The highest BCUT2D eigenvalue weighted by molar-refractivity contribution is 6.31. The van der Waals surface area contributed by atoms with Crippen molar-refractivity contribution in [3.63, 3.8) is 0 Å². The summed E-state index contributed by atoms with van der Waals surface area (Å²) < 4.78 is 19.3. The highest BCUT2D eigenvalue weighted by Crippen LogP contribution is 2.59. The third-order valence-corrected chi connectivity index (χ3v) is 7.90. The van der Waals surface area contributed by atoms with Gasteiger partial charge >= 0.3 is 5.97 Å². The first-order valence-corrected chi connectivity index (χ1v) is 10.4. The Balaban J connectivity index is 1.53. The lowest BCUT2D eigenvalue weighted by atomic mass is 9.63. The van der Waals surface area contributed by atoms with Crippen LogP contribution in [-0.2, 0) is 19.2 Å². The maximum absolute atomic E-state index is 13.5. The van der Waals surface area contributed by atoms with Crippen molar-refractivity contribution in [2.75, 3.05) is 0 Å². The molecule has 2 heterocycles. The number of ketones is 1. The van der Waals surface area contributed by atoms with Gasteiger partial charge in [-0.1, -0.05) is 29.7 Å². The van der Waals surface area contributed by atoms with Crippen LogP contribution in [0.2, 0.25) is 5.02 Å². The molecule has 6 atom stereocenters. The van der Waals surface area contributed by atoms with Crippen LogP contribution in [0, 0.1) is 23.1 Å². The number of fused-ring (bicyclic) bond motifs is 4. The second-order valence-electron chi connectivity index (χ2n) is 8.96. The number of hydrogen-bond donors (Lipinski definition) is 1. The monoisotopic (exact) mass is 433 g/mol. The van der Waals surface area contributed by atoms with E-state index in [-0.39, 0.29) is 23.1 Å². The van der Waals surface area contributed by atoms with Gasteiger partial charge in [0.25, 0.3) is 0 Å². The number of carbonyl (C=O) groups is 2. The Bertz CT molecular complexity index is 1040. The fraction of sp³-hybridized carbons (Fsp3) is 0.500. The molecule has 6 nitrogen and oxygen atoms in total. The van der Waals surface area contributed by atoms with Gasteiger partial charge in [0.05, 0.1) is 16.7 Å². The minimum Gasteiger partial charge on any atom is -0.458 e. The number of benzene rings is 1. The number of aliphatic hydroxyl groups is 1. The van der Waals surface area contributed by atoms with E-state index in [0.717, 1.165) is 0 Å². The molecule has 1 aromatic carbocycles. The molecule has 30 heavy (non-hydrogen) atoms. The first-order valence-electron chi connectivity index (χ1n) is 10.0. The van der Waals surface area contributed by atoms with Crippen LogP contribution >= 0.6 is 11.6 Å². The lowest BCUT2D eigenvalue weighted by Crippen LogP contribution is -2.57. The van der Waals surface area contributed by atoms with Crippen LogP contribution in [0.3, 0.4) is 0 Å². The van der Waals surface area contributed by atoms with E-state index in [0.29, 0.717) is 24.1 Å². The van der Waals surface area contributed by atoms with Crippen LogP contribution < -0.4 is 0 Å². The molecule has 1 spiro atoms. The van der Waals surface area contributed by atoms with Gasteiger partial charge in [-0.3, -0.25) is 4.79 Å². The first kappa shape index (κ1) is 19.7. The smallest absolute Gasteiger partial charge is 0.354 e. The van der Waals surface area contributed by atoms with Crippen molar-refractivity contribution in [3.8, 4) is 0 Å². The number of hydrogen-bond acceptors (Lipinski definition) is 6. The van der Waals surface area contributed by atoms with Gasteiger partial charge < -0.3 is 14.7 Å². The van der Waals surface area contributed by atoms with Gasteiger partial charge in [0, 0.05) is 12.0 Å². The summed E-state index contributed by atoms with van der Waals surface area (Å²) >= 11 is 5.90. The standard InChI is InChI=1S/C22H21ClFNO5/c1-11-3-5-13-18(20(2)17(26)7-8-22(11,20)28)29-19(27)21(13)10-16(25-30-21)12-4-6-15(24)14(23)9-12/h4,6-9,11,13,18,28H,3,5,10H2,1-2H3/t11-,13?,18?,20-,21?,22+/m0/s1. The summed E-state index contributed by atoms with van der Waals surface area (Å²) in [5.74, 6) is -2.07. The minimum atomic E-state index is -1.40. The fourth-order valence-electron chi connectivity index (χ4n) is 5.63. The normalized spacial score (nSPS) is 41.9. The van der Waals surface area contributed by atoms with E-state index < -0.39 is 40.4 Å².